The molecule has 0 saturated carbocycles. The minimum atomic E-state index is -3.91. The van der Waals surface area contributed by atoms with E-state index >= 15 is 0 Å². The van der Waals surface area contributed by atoms with Crippen molar-refractivity contribution in [1.82, 2.24) is 0 Å². The summed E-state index contributed by atoms with van der Waals surface area (Å²) in [4.78, 5) is -0.368. The van der Waals surface area contributed by atoms with Crippen LogP contribution in [0.4, 0.5) is 15.8 Å². The average Bonchev–Trinajstić information content (AvgIpc) is 2.39. The molecule has 2 aromatic carbocycles. The van der Waals surface area contributed by atoms with E-state index < -0.39 is 15.8 Å². The second-order valence-corrected chi connectivity index (χ2v) is 5.51. The Hall–Kier alpha value is -2.08. The van der Waals surface area contributed by atoms with Crippen LogP contribution in [0.15, 0.2) is 53.4 Å². The van der Waals surface area contributed by atoms with Gasteiger partial charge in [0.25, 0.3) is 10.0 Å². The van der Waals surface area contributed by atoms with Gasteiger partial charge in [-0.3, -0.25) is 4.72 Å². The summed E-state index contributed by atoms with van der Waals surface area (Å²) in [6, 6.07) is 11.9. The van der Waals surface area contributed by atoms with Gasteiger partial charge in [-0.1, -0.05) is 12.1 Å². The topological polar surface area (TPSA) is 58.2 Å². The van der Waals surface area contributed by atoms with E-state index in [1.165, 1.54) is 18.2 Å². The Balaban J connectivity index is 2.28. The average molecular weight is 280 g/mol. The molecule has 0 unspecified atom stereocenters. The normalized spacial score (nSPS) is 11.1. The molecular formula is C13H13FN2O2S. The lowest BCUT2D eigenvalue weighted by Crippen LogP contribution is -2.14. The summed E-state index contributed by atoms with van der Waals surface area (Å²) in [6.45, 7) is 0. The van der Waals surface area contributed by atoms with Crippen molar-refractivity contribution in [3.8, 4) is 0 Å². The number of benzene rings is 2. The molecule has 2 aromatic rings. The van der Waals surface area contributed by atoms with Gasteiger partial charge >= 0.3 is 0 Å². The van der Waals surface area contributed by atoms with Gasteiger partial charge in [0.2, 0.25) is 0 Å². The summed E-state index contributed by atoms with van der Waals surface area (Å²) >= 11 is 0. The molecule has 0 saturated heterocycles. The Morgan fingerprint density at radius 1 is 0.947 bits per heavy atom. The quantitative estimate of drug-likeness (QED) is 0.905. The van der Waals surface area contributed by atoms with Gasteiger partial charge in [0.15, 0.2) is 0 Å². The van der Waals surface area contributed by atoms with Crippen molar-refractivity contribution in [2.24, 2.45) is 0 Å². The van der Waals surface area contributed by atoms with Crippen LogP contribution < -0.4 is 10.0 Å². The van der Waals surface area contributed by atoms with Gasteiger partial charge in [-0.15, -0.1) is 0 Å². The van der Waals surface area contributed by atoms with E-state index in [0.29, 0.717) is 5.69 Å². The van der Waals surface area contributed by atoms with Crippen LogP contribution >= 0.6 is 0 Å². The summed E-state index contributed by atoms with van der Waals surface area (Å²) in [6.07, 6.45) is 0. The van der Waals surface area contributed by atoms with E-state index in [2.05, 4.69) is 10.0 Å². The van der Waals surface area contributed by atoms with Crippen molar-refractivity contribution in [3.63, 3.8) is 0 Å². The van der Waals surface area contributed by atoms with Gasteiger partial charge in [0.1, 0.15) is 10.7 Å². The third-order valence-electron chi connectivity index (χ3n) is 2.55. The minimum absolute atomic E-state index is 0.368. The van der Waals surface area contributed by atoms with Gasteiger partial charge in [-0.25, -0.2) is 12.8 Å². The van der Waals surface area contributed by atoms with Crippen LogP contribution in [0.2, 0.25) is 0 Å². The molecule has 0 aliphatic heterocycles. The van der Waals surface area contributed by atoms with E-state index in [-0.39, 0.29) is 4.90 Å². The van der Waals surface area contributed by atoms with Crippen LogP contribution in [0.1, 0.15) is 0 Å². The van der Waals surface area contributed by atoms with E-state index in [0.717, 1.165) is 11.8 Å². The molecule has 19 heavy (non-hydrogen) atoms. The molecule has 100 valence electrons. The molecule has 0 amide bonds. The second kappa shape index (κ2) is 5.27. The molecule has 0 fully saturated rings. The maximum Gasteiger partial charge on any atom is 0.264 e. The molecule has 0 atom stereocenters. The first-order valence-electron chi connectivity index (χ1n) is 5.58. The van der Waals surface area contributed by atoms with Crippen LogP contribution in [0.25, 0.3) is 0 Å². The molecule has 2 N–H and O–H groups in total. The Morgan fingerprint density at radius 3 is 2.11 bits per heavy atom. The SMILES string of the molecule is CNc1ccc(NS(=O)(=O)c2ccccc2F)cc1. The number of hydrogen-bond acceptors (Lipinski definition) is 3. The van der Waals surface area contributed by atoms with Crippen molar-refractivity contribution in [2.45, 2.75) is 4.90 Å². The summed E-state index contributed by atoms with van der Waals surface area (Å²) in [7, 11) is -2.15. The first-order chi connectivity index (χ1) is 9.03. The van der Waals surface area contributed by atoms with Crippen molar-refractivity contribution in [3.05, 3.63) is 54.3 Å². The predicted molar refractivity (Wildman–Crippen MR) is 73.2 cm³/mol. The predicted octanol–water partition coefficient (Wildman–Crippen LogP) is 2.67. The third kappa shape index (κ3) is 3.03. The van der Waals surface area contributed by atoms with Gasteiger partial charge in [0, 0.05) is 18.4 Å². The van der Waals surface area contributed by atoms with Gasteiger partial charge in [0.05, 0.1) is 0 Å². The Labute approximate surface area is 111 Å². The zero-order valence-electron chi connectivity index (χ0n) is 10.2. The molecule has 0 bridgehead atoms. The molecule has 0 radical (unpaired) electrons. The third-order valence-corrected chi connectivity index (χ3v) is 3.97. The van der Waals surface area contributed by atoms with Crippen LogP contribution in [-0.4, -0.2) is 15.5 Å². The van der Waals surface area contributed by atoms with Crippen LogP contribution in [0.3, 0.4) is 0 Å². The molecule has 0 aliphatic rings. The van der Waals surface area contributed by atoms with Crippen molar-refractivity contribution in [2.75, 3.05) is 17.1 Å². The Morgan fingerprint density at radius 2 is 1.53 bits per heavy atom. The molecule has 2 rings (SSSR count). The minimum Gasteiger partial charge on any atom is -0.388 e. The van der Waals surface area contributed by atoms with Gasteiger partial charge in [-0.2, -0.15) is 0 Å². The highest BCUT2D eigenvalue weighted by Gasteiger charge is 2.18. The monoisotopic (exact) mass is 280 g/mol. The lowest BCUT2D eigenvalue weighted by Gasteiger charge is -2.09. The zero-order chi connectivity index (χ0) is 13.9. The smallest absolute Gasteiger partial charge is 0.264 e. The Kier molecular flexibility index (Phi) is 3.71. The first kappa shape index (κ1) is 13.4. The standard InChI is InChI=1S/C13H13FN2O2S/c1-15-10-6-8-11(9-7-10)16-19(17,18)13-5-3-2-4-12(13)14/h2-9,15-16H,1H3. The van der Waals surface area contributed by atoms with E-state index in [1.54, 1.807) is 31.3 Å². The number of hydrogen-bond donors (Lipinski definition) is 2. The maximum absolute atomic E-state index is 13.5. The summed E-state index contributed by atoms with van der Waals surface area (Å²) in [5.74, 6) is -0.776. The lowest BCUT2D eigenvalue weighted by atomic mass is 10.3. The van der Waals surface area contributed by atoms with Gasteiger partial charge in [-0.05, 0) is 36.4 Å². The molecule has 0 heterocycles. The summed E-state index contributed by atoms with van der Waals surface area (Å²) in [5.41, 5.74) is 1.23. The fourth-order valence-electron chi connectivity index (χ4n) is 1.58. The van der Waals surface area contributed by atoms with Crippen LogP contribution in [0.5, 0.6) is 0 Å². The number of halogens is 1. The number of anilines is 2. The maximum atomic E-state index is 13.5. The highest BCUT2D eigenvalue weighted by Crippen LogP contribution is 2.19. The number of rotatable bonds is 4. The highest BCUT2D eigenvalue weighted by atomic mass is 32.2. The van der Waals surface area contributed by atoms with Crippen molar-refractivity contribution < 1.29 is 12.8 Å². The fourth-order valence-corrected chi connectivity index (χ4v) is 2.72. The van der Waals surface area contributed by atoms with Crippen molar-refractivity contribution in [1.29, 1.82) is 0 Å². The van der Waals surface area contributed by atoms with E-state index in [9.17, 15) is 12.8 Å². The lowest BCUT2D eigenvalue weighted by molar-refractivity contribution is 0.570. The van der Waals surface area contributed by atoms with E-state index in [1.807, 2.05) is 0 Å². The second-order valence-electron chi connectivity index (χ2n) is 3.86. The zero-order valence-corrected chi connectivity index (χ0v) is 11.0. The number of nitrogens with one attached hydrogen (secondary N) is 2. The largest absolute Gasteiger partial charge is 0.388 e. The fraction of sp³-hybridized carbons (Fsp3) is 0.0769. The summed E-state index contributed by atoms with van der Waals surface area (Å²) in [5, 5.41) is 2.92. The van der Waals surface area contributed by atoms with Crippen LogP contribution in [0, 0.1) is 5.82 Å². The molecule has 6 heteroatoms. The molecule has 0 spiro atoms. The molecule has 0 aromatic heterocycles. The molecule has 4 nitrogen and oxygen atoms in total. The van der Waals surface area contributed by atoms with E-state index in [4.69, 9.17) is 0 Å². The van der Waals surface area contributed by atoms with Gasteiger partial charge < -0.3 is 5.32 Å². The first-order valence-corrected chi connectivity index (χ1v) is 7.06. The highest BCUT2D eigenvalue weighted by molar-refractivity contribution is 7.92. The molecular weight excluding hydrogens is 267 g/mol. The molecule has 0 aliphatic carbocycles. The Bertz CT molecular complexity index is 669. The summed E-state index contributed by atoms with van der Waals surface area (Å²) < 4.78 is 39.8. The van der Waals surface area contributed by atoms with Crippen molar-refractivity contribution >= 4 is 21.4 Å². The van der Waals surface area contributed by atoms with Crippen LogP contribution in [-0.2, 0) is 10.0 Å². The number of sulfonamides is 1.